The third-order valence-electron chi connectivity index (χ3n) is 4.07. The molecule has 1 aliphatic rings. The van der Waals surface area contributed by atoms with Gasteiger partial charge in [0.05, 0.1) is 0 Å². The van der Waals surface area contributed by atoms with Gasteiger partial charge in [-0.25, -0.2) is 4.39 Å². The summed E-state index contributed by atoms with van der Waals surface area (Å²) in [6.45, 7) is -0.242. The Labute approximate surface area is 133 Å². The van der Waals surface area contributed by atoms with Crippen LogP contribution in [0.5, 0.6) is 0 Å². The van der Waals surface area contributed by atoms with Crippen LogP contribution in [0.1, 0.15) is 27.9 Å². The van der Waals surface area contributed by atoms with Gasteiger partial charge in [-0.05, 0) is 60.7 Å². The van der Waals surface area contributed by atoms with Crippen LogP contribution in [-0.4, -0.2) is 18.4 Å². The number of amides is 2. The third-order valence-corrected chi connectivity index (χ3v) is 4.07. The molecule has 0 heterocycles. The molecule has 2 aromatic carbocycles. The topological polar surface area (TPSA) is 63.4 Å². The maximum atomic E-state index is 13.1. The number of fused-ring (bicyclic) bond motifs is 1. The standard InChI is InChI=1S/C18H17FN2O2/c19-13-7-9-14(10-8-13)21(11-17(20)22)18(23)16-6-2-4-12-3-1-5-15(12)16/h2,4,6-10H,1,3,5,11H2,(H2,20,22). The van der Waals surface area contributed by atoms with E-state index in [0.717, 1.165) is 24.8 Å². The van der Waals surface area contributed by atoms with Crippen LogP contribution < -0.4 is 10.6 Å². The van der Waals surface area contributed by atoms with Crippen molar-refractivity contribution < 1.29 is 14.0 Å². The number of hydrogen-bond acceptors (Lipinski definition) is 2. The SMILES string of the molecule is NC(=O)CN(C(=O)c1cccc2c1CCC2)c1ccc(F)cc1. The summed E-state index contributed by atoms with van der Waals surface area (Å²) >= 11 is 0. The smallest absolute Gasteiger partial charge is 0.259 e. The first-order chi connectivity index (χ1) is 11.1. The molecule has 0 aliphatic heterocycles. The van der Waals surface area contributed by atoms with Crippen molar-refractivity contribution in [1.29, 1.82) is 0 Å². The third kappa shape index (κ3) is 3.08. The number of anilines is 1. The van der Waals surface area contributed by atoms with E-state index in [4.69, 9.17) is 5.73 Å². The molecule has 2 N–H and O–H groups in total. The van der Waals surface area contributed by atoms with Gasteiger partial charge in [0.2, 0.25) is 5.91 Å². The minimum atomic E-state index is -0.616. The number of rotatable bonds is 4. The molecule has 0 fully saturated rings. The number of aryl methyl sites for hydroxylation is 1. The van der Waals surface area contributed by atoms with Crippen LogP contribution in [0.3, 0.4) is 0 Å². The lowest BCUT2D eigenvalue weighted by Crippen LogP contribution is -2.39. The monoisotopic (exact) mass is 312 g/mol. The summed E-state index contributed by atoms with van der Waals surface area (Å²) in [5.74, 6) is -1.30. The fourth-order valence-corrected chi connectivity index (χ4v) is 3.02. The Morgan fingerprint density at radius 3 is 2.52 bits per heavy atom. The van der Waals surface area contributed by atoms with E-state index in [2.05, 4.69) is 0 Å². The lowest BCUT2D eigenvalue weighted by atomic mass is 10.0. The van der Waals surface area contributed by atoms with E-state index < -0.39 is 11.7 Å². The van der Waals surface area contributed by atoms with Gasteiger partial charge in [-0.2, -0.15) is 0 Å². The largest absolute Gasteiger partial charge is 0.368 e. The number of hydrogen-bond donors (Lipinski definition) is 1. The maximum absolute atomic E-state index is 13.1. The van der Waals surface area contributed by atoms with E-state index in [1.807, 2.05) is 12.1 Å². The summed E-state index contributed by atoms with van der Waals surface area (Å²) in [4.78, 5) is 25.6. The normalized spacial score (nSPS) is 12.7. The fraction of sp³-hybridized carbons (Fsp3) is 0.222. The molecule has 0 aromatic heterocycles. The Hall–Kier alpha value is -2.69. The molecule has 0 radical (unpaired) electrons. The zero-order valence-electron chi connectivity index (χ0n) is 12.6. The minimum absolute atomic E-state index is 0.242. The number of halogens is 1. The van der Waals surface area contributed by atoms with Crippen molar-refractivity contribution in [2.75, 3.05) is 11.4 Å². The van der Waals surface area contributed by atoms with Gasteiger partial charge in [0, 0.05) is 11.3 Å². The second-order valence-corrected chi connectivity index (χ2v) is 5.63. The van der Waals surface area contributed by atoms with Crippen molar-refractivity contribution in [3.8, 4) is 0 Å². The van der Waals surface area contributed by atoms with Gasteiger partial charge in [-0.15, -0.1) is 0 Å². The molecular formula is C18H17FN2O2. The summed E-state index contributed by atoms with van der Waals surface area (Å²) in [6, 6.07) is 11.1. The van der Waals surface area contributed by atoms with Gasteiger partial charge < -0.3 is 5.73 Å². The number of nitrogens with zero attached hydrogens (tertiary/aromatic N) is 1. The predicted octanol–water partition coefficient (Wildman–Crippen LogP) is 2.45. The zero-order chi connectivity index (χ0) is 16.4. The van der Waals surface area contributed by atoms with Crippen molar-refractivity contribution in [3.63, 3.8) is 0 Å². The Morgan fingerprint density at radius 1 is 1.09 bits per heavy atom. The van der Waals surface area contributed by atoms with E-state index in [9.17, 15) is 14.0 Å². The molecule has 0 saturated heterocycles. The van der Waals surface area contributed by atoms with Gasteiger partial charge >= 0.3 is 0 Å². The molecule has 5 heteroatoms. The van der Waals surface area contributed by atoms with Crippen LogP contribution in [0, 0.1) is 5.82 Å². The van der Waals surface area contributed by atoms with Crippen LogP contribution >= 0.6 is 0 Å². The highest BCUT2D eigenvalue weighted by Crippen LogP contribution is 2.27. The Kier molecular flexibility index (Phi) is 4.10. The van der Waals surface area contributed by atoms with Crippen molar-refractivity contribution in [2.24, 2.45) is 5.73 Å². The quantitative estimate of drug-likeness (QED) is 0.942. The van der Waals surface area contributed by atoms with Crippen molar-refractivity contribution in [1.82, 2.24) is 0 Å². The molecule has 1 aliphatic carbocycles. The van der Waals surface area contributed by atoms with Gasteiger partial charge in [-0.1, -0.05) is 12.1 Å². The van der Waals surface area contributed by atoms with Crippen molar-refractivity contribution in [3.05, 3.63) is 65.0 Å². The van der Waals surface area contributed by atoms with Gasteiger partial charge in [0.1, 0.15) is 12.4 Å². The minimum Gasteiger partial charge on any atom is -0.368 e. The first-order valence-electron chi connectivity index (χ1n) is 7.53. The number of nitrogens with two attached hydrogens (primary N) is 1. The van der Waals surface area contributed by atoms with E-state index >= 15 is 0 Å². The lowest BCUT2D eigenvalue weighted by molar-refractivity contribution is -0.116. The molecule has 0 spiro atoms. The number of benzene rings is 2. The number of primary amides is 1. The Bertz CT molecular complexity index is 756. The van der Waals surface area contributed by atoms with E-state index in [-0.39, 0.29) is 12.5 Å². The van der Waals surface area contributed by atoms with E-state index in [0.29, 0.717) is 11.3 Å². The van der Waals surface area contributed by atoms with Crippen molar-refractivity contribution in [2.45, 2.75) is 19.3 Å². The summed E-state index contributed by atoms with van der Waals surface area (Å²) in [7, 11) is 0. The molecule has 118 valence electrons. The average Bonchev–Trinajstić information content (AvgIpc) is 3.01. The van der Waals surface area contributed by atoms with Crippen LogP contribution in [0.25, 0.3) is 0 Å². The molecule has 0 bridgehead atoms. The molecule has 2 amide bonds. The average molecular weight is 312 g/mol. The highest BCUT2D eigenvalue weighted by molar-refractivity contribution is 6.09. The molecule has 0 unspecified atom stereocenters. The van der Waals surface area contributed by atoms with Crippen LogP contribution in [0.15, 0.2) is 42.5 Å². The van der Waals surface area contributed by atoms with Crippen molar-refractivity contribution >= 4 is 17.5 Å². The first kappa shape index (κ1) is 15.2. The maximum Gasteiger partial charge on any atom is 0.259 e. The van der Waals surface area contributed by atoms with Gasteiger partial charge in [0.25, 0.3) is 5.91 Å². The van der Waals surface area contributed by atoms with E-state index in [1.54, 1.807) is 6.07 Å². The zero-order valence-corrected chi connectivity index (χ0v) is 12.6. The molecule has 23 heavy (non-hydrogen) atoms. The fourth-order valence-electron chi connectivity index (χ4n) is 3.02. The van der Waals surface area contributed by atoms with Gasteiger partial charge in [0.15, 0.2) is 0 Å². The lowest BCUT2D eigenvalue weighted by Gasteiger charge is -2.22. The number of carbonyl (C=O) groups is 2. The van der Waals surface area contributed by atoms with Crippen LogP contribution in [0.4, 0.5) is 10.1 Å². The van der Waals surface area contributed by atoms with Crippen LogP contribution in [0.2, 0.25) is 0 Å². The van der Waals surface area contributed by atoms with Crippen LogP contribution in [-0.2, 0) is 17.6 Å². The second-order valence-electron chi connectivity index (χ2n) is 5.63. The van der Waals surface area contributed by atoms with Gasteiger partial charge in [-0.3, -0.25) is 14.5 Å². The molecular weight excluding hydrogens is 295 g/mol. The highest BCUT2D eigenvalue weighted by Gasteiger charge is 2.24. The highest BCUT2D eigenvalue weighted by atomic mass is 19.1. The number of carbonyl (C=O) groups excluding carboxylic acids is 2. The molecule has 3 rings (SSSR count). The Morgan fingerprint density at radius 2 is 1.83 bits per heavy atom. The summed E-state index contributed by atoms with van der Waals surface area (Å²) in [5, 5.41) is 0. The molecule has 2 aromatic rings. The summed E-state index contributed by atoms with van der Waals surface area (Å²) in [5.41, 5.74) is 8.53. The molecule has 4 nitrogen and oxygen atoms in total. The molecule has 0 saturated carbocycles. The Balaban J connectivity index is 2.00. The molecule has 0 atom stereocenters. The summed E-state index contributed by atoms with van der Waals surface area (Å²) < 4.78 is 13.1. The van der Waals surface area contributed by atoms with E-state index in [1.165, 1.54) is 34.7 Å². The second kappa shape index (κ2) is 6.20. The summed E-state index contributed by atoms with van der Waals surface area (Å²) in [6.07, 6.45) is 2.83. The first-order valence-corrected chi connectivity index (χ1v) is 7.53. The predicted molar refractivity (Wildman–Crippen MR) is 85.7 cm³/mol.